The van der Waals surface area contributed by atoms with Crippen LogP contribution in [0.15, 0.2) is 12.1 Å². The predicted octanol–water partition coefficient (Wildman–Crippen LogP) is -0.0972. The van der Waals surface area contributed by atoms with Crippen LogP contribution in [-0.4, -0.2) is 78.3 Å². The van der Waals surface area contributed by atoms with Gasteiger partial charge in [0.15, 0.2) is 0 Å². The lowest BCUT2D eigenvalue weighted by atomic mass is 9.71. The van der Waals surface area contributed by atoms with Crippen molar-refractivity contribution in [3.8, 4) is 11.8 Å². The number of aliphatic hydroxyl groups excluding tert-OH is 1. The van der Waals surface area contributed by atoms with Crippen molar-refractivity contribution >= 4 is 18.3 Å². The number of hydrogen-bond acceptors (Lipinski definition) is 7. The molecule has 1 aromatic rings. The number of hydrogen-bond donors (Lipinski definition) is 3. The van der Waals surface area contributed by atoms with Gasteiger partial charge in [0.2, 0.25) is 17.7 Å². The monoisotopic (exact) mass is 395 g/mol. The second-order valence-corrected chi connectivity index (χ2v) is 6.56. The van der Waals surface area contributed by atoms with E-state index in [9.17, 15) is 14.7 Å². The molecule has 2 atom stereocenters. The Labute approximate surface area is 162 Å². The first-order valence-corrected chi connectivity index (χ1v) is 8.86. The number of ether oxygens (including phenoxy) is 2. The lowest BCUT2D eigenvalue weighted by molar-refractivity contribution is -0.147. The highest BCUT2D eigenvalue weighted by Crippen LogP contribution is 2.38. The van der Waals surface area contributed by atoms with Gasteiger partial charge >= 0.3 is 0 Å². The molecular formula is C18H25N3O7. The Bertz CT molecular complexity index is 727. The predicted molar refractivity (Wildman–Crippen MR) is 97.2 cm³/mol. The summed E-state index contributed by atoms with van der Waals surface area (Å²) in [6.45, 7) is 0.926. The fourth-order valence-corrected chi connectivity index (χ4v) is 3.64. The summed E-state index contributed by atoms with van der Waals surface area (Å²) in [5, 5.41) is 20.1. The van der Waals surface area contributed by atoms with Crippen LogP contribution in [0.1, 0.15) is 29.6 Å². The third kappa shape index (κ3) is 4.16. The summed E-state index contributed by atoms with van der Waals surface area (Å²) in [6, 6.07) is 3.20. The van der Waals surface area contributed by atoms with Gasteiger partial charge in [-0.3, -0.25) is 14.4 Å². The van der Waals surface area contributed by atoms with Crippen LogP contribution in [-0.2, 0) is 9.59 Å². The molecular weight excluding hydrogens is 370 g/mol. The van der Waals surface area contributed by atoms with Crippen LogP contribution in [0.5, 0.6) is 11.8 Å². The number of nitrogens with zero attached hydrogens (tertiary/aromatic N) is 2. The number of carboxylic acid groups (broad SMARTS) is 1. The van der Waals surface area contributed by atoms with Gasteiger partial charge in [-0.25, -0.2) is 0 Å². The zero-order chi connectivity index (χ0) is 20.7. The van der Waals surface area contributed by atoms with Crippen molar-refractivity contribution in [2.24, 2.45) is 5.41 Å². The number of likely N-dealkylation sites (tertiary alicyclic amines) is 1. The van der Waals surface area contributed by atoms with E-state index in [1.165, 1.54) is 14.2 Å². The van der Waals surface area contributed by atoms with Crippen molar-refractivity contribution in [2.45, 2.75) is 25.4 Å². The van der Waals surface area contributed by atoms with Crippen molar-refractivity contribution in [1.82, 2.24) is 15.2 Å². The Morgan fingerprint density at radius 2 is 2.11 bits per heavy atom. The number of piperidine rings is 2. The summed E-state index contributed by atoms with van der Waals surface area (Å²) in [7, 11) is 2.93. The topological polar surface area (TPSA) is 138 Å². The molecule has 1 spiro atoms. The molecule has 0 aliphatic carbocycles. The number of amides is 2. The van der Waals surface area contributed by atoms with Crippen LogP contribution < -0.4 is 14.8 Å². The normalized spacial score (nSPS) is 23.9. The molecule has 10 nitrogen and oxygen atoms in total. The van der Waals surface area contributed by atoms with Crippen LogP contribution in [0, 0.1) is 5.41 Å². The van der Waals surface area contributed by atoms with Crippen molar-refractivity contribution in [3.63, 3.8) is 0 Å². The van der Waals surface area contributed by atoms with Crippen LogP contribution in [0.4, 0.5) is 0 Å². The summed E-state index contributed by atoms with van der Waals surface area (Å²) in [4.78, 5) is 39.5. The lowest BCUT2D eigenvalue weighted by Gasteiger charge is -2.46. The number of aromatic nitrogens is 1. The van der Waals surface area contributed by atoms with E-state index in [2.05, 4.69) is 10.3 Å². The maximum absolute atomic E-state index is 13.0. The molecule has 2 saturated heterocycles. The molecule has 3 heterocycles. The summed E-state index contributed by atoms with van der Waals surface area (Å²) in [5.74, 6) is 0.0865. The molecule has 0 saturated carbocycles. The molecule has 0 radical (unpaired) electrons. The quantitative estimate of drug-likeness (QED) is 0.603. The summed E-state index contributed by atoms with van der Waals surface area (Å²) in [6.07, 6.45) is 0.984. The Morgan fingerprint density at radius 3 is 2.71 bits per heavy atom. The van der Waals surface area contributed by atoms with E-state index < -0.39 is 11.5 Å². The fraction of sp³-hybridized carbons (Fsp3) is 0.556. The van der Waals surface area contributed by atoms with E-state index in [-0.39, 0.29) is 30.7 Å². The molecule has 2 aliphatic heterocycles. The highest BCUT2D eigenvalue weighted by molar-refractivity contribution is 5.97. The molecule has 1 aromatic heterocycles. The number of carbonyl (C=O) groups is 3. The van der Waals surface area contributed by atoms with Gasteiger partial charge in [-0.2, -0.15) is 4.98 Å². The smallest absolute Gasteiger partial charge is 0.290 e. The Kier molecular flexibility index (Phi) is 7.16. The minimum atomic E-state index is -0.931. The Hall–Kier alpha value is -2.88. The van der Waals surface area contributed by atoms with Crippen molar-refractivity contribution in [2.75, 3.05) is 33.9 Å². The maximum Gasteiger partial charge on any atom is 0.290 e. The van der Waals surface area contributed by atoms with Crippen molar-refractivity contribution in [1.29, 1.82) is 0 Å². The molecule has 0 aromatic carbocycles. The molecule has 3 N–H and O–H groups in total. The SMILES string of the molecule is COc1ccc(C(=O)N2CC[C@H](O)[C@@]3(CCCNC3=O)C2)c(OC)n1.O=CO. The summed E-state index contributed by atoms with van der Waals surface area (Å²) in [5.41, 5.74) is -0.620. The second kappa shape index (κ2) is 9.36. The van der Waals surface area contributed by atoms with Crippen LogP contribution in [0.25, 0.3) is 0 Å². The van der Waals surface area contributed by atoms with E-state index in [0.717, 1.165) is 6.42 Å². The number of aliphatic hydroxyl groups is 1. The third-order valence-corrected chi connectivity index (χ3v) is 5.08. The Morgan fingerprint density at radius 1 is 1.39 bits per heavy atom. The minimum absolute atomic E-state index is 0.177. The first-order valence-electron chi connectivity index (χ1n) is 8.86. The van der Waals surface area contributed by atoms with Crippen LogP contribution in [0.3, 0.4) is 0 Å². The van der Waals surface area contributed by atoms with Crippen LogP contribution >= 0.6 is 0 Å². The van der Waals surface area contributed by atoms with Gasteiger partial charge in [0.1, 0.15) is 5.56 Å². The number of rotatable bonds is 3. The van der Waals surface area contributed by atoms with Crippen molar-refractivity contribution in [3.05, 3.63) is 17.7 Å². The van der Waals surface area contributed by atoms with Gasteiger partial charge in [-0.1, -0.05) is 0 Å². The first-order chi connectivity index (χ1) is 13.4. The average molecular weight is 395 g/mol. The van der Waals surface area contributed by atoms with E-state index in [4.69, 9.17) is 19.4 Å². The molecule has 10 heteroatoms. The van der Waals surface area contributed by atoms with Gasteiger partial charge in [0.25, 0.3) is 12.4 Å². The standard InChI is InChI=1S/C17H23N3O5.CH2O2/c1-24-13-5-4-11(14(19-13)25-2)15(22)20-9-6-12(21)17(10-20)7-3-8-18-16(17)23;2-1-3/h4-5,12,21H,3,6-10H2,1-2H3,(H,18,23);1H,(H,2,3)/t12-,17+;/m0./s1. The molecule has 3 rings (SSSR count). The number of nitrogens with one attached hydrogen (secondary N) is 1. The van der Waals surface area contributed by atoms with Gasteiger partial charge < -0.3 is 29.9 Å². The van der Waals surface area contributed by atoms with E-state index in [1.807, 2.05) is 0 Å². The van der Waals surface area contributed by atoms with E-state index >= 15 is 0 Å². The minimum Gasteiger partial charge on any atom is -0.483 e. The second-order valence-electron chi connectivity index (χ2n) is 6.56. The van der Waals surface area contributed by atoms with Gasteiger partial charge in [-0.05, 0) is 25.3 Å². The van der Waals surface area contributed by atoms with E-state index in [0.29, 0.717) is 37.4 Å². The average Bonchev–Trinajstić information content (AvgIpc) is 2.71. The molecule has 28 heavy (non-hydrogen) atoms. The summed E-state index contributed by atoms with van der Waals surface area (Å²) >= 11 is 0. The highest BCUT2D eigenvalue weighted by Gasteiger charge is 2.50. The zero-order valence-electron chi connectivity index (χ0n) is 15.9. The molecule has 2 aliphatic rings. The van der Waals surface area contributed by atoms with Crippen molar-refractivity contribution < 1.29 is 34.1 Å². The number of pyridine rings is 1. The number of carbonyl (C=O) groups excluding carboxylic acids is 2. The van der Waals surface area contributed by atoms with Gasteiger partial charge in [0.05, 0.1) is 25.7 Å². The number of methoxy groups -OCH3 is 2. The first kappa shape index (κ1) is 21.4. The molecule has 2 fully saturated rings. The summed E-state index contributed by atoms with van der Waals surface area (Å²) < 4.78 is 10.3. The highest BCUT2D eigenvalue weighted by atomic mass is 16.5. The third-order valence-electron chi connectivity index (χ3n) is 5.08. The molecule has 2 amide bonds. The zero-order valence-corrected chi connectivity index (χ0v) is 15.9. The van der Waals surface area contributed by atoms with Crippen LogP contribution in [0.2, 0.25) is 0 Å². The largest absolute Gasteiger partial charge is 0.483 e. The Balaban J connectivity index is 0.000000878. The van der Waals surface area contributed by atoms with Gasteiger partial charge in [-0.15, -0.1) is 0 Å². The maximum atomic E-state index is 13.0. The lowest BCUT2D eigenvalue weighted by Crippen LogP contribution is -2.62. The van der Waals surface area contributed by atoms with Gasteiger partial charge in [0, 0.05) is 25.7 Å². The fourth-order valence-electron chi connectivity index (χ4n) is 3.64. The molecule has 0 bridgehead atoms. The van der Waals surface area contributed by atoms with E-state index in [1.54, 1.807) is 17.0 Å². The molecule has 154 valence electrons. The molecule has 0 unspecified atom stereocenters.